The predicted octanol–water partition coefficient (Wildman–Crippen LogP) is 1.22. The van der Waals surface area contributed by atoms with Crippen LogP contribution in [0.25, 0.3) is 0 Å². The van der Waals surface area contributed by atoms with Gasteiger partial charge in [0.1, 0.15) is 0 Å². The van der Waals surface area contributed by atoms with Crippen LogP contribution in [0, 0.1) is 0 Å². The fourth-order valence-corrected chi connectivity index (χ4v) is 4.20. The molecular weight excluding hydrogens is 394 g/mol. The van der Waals surface area contributed by atoms with Crippen molar-refractivity contribution in [3.63, 3.8) is 0 Å². The Hall–Kier alpha value is -2.33. The fourth-order valence-electron chi connectivity index (χ4n) is 3.09. The maximum absolute atomic E-state index is 12.5. The molecule has 1 fully saturated rings. The standard InChI is InChI=1S/C19H31N5O4S/c1-5-28-19(25)24-12-10-16(11-13-24)22-18(20-2)21-14-15-8-6-7-9-17(15)29(26,27)23(3)4/h6-9,16H,5,10-14H2,1-4H3,(H2,20,21,22). The molecule has 1 saturated heterocycles. The largest absolute Gasteiger partial charge is 0.450 e. The highest BCUT2D eigenvalue weighted by Crippen LogP contribution is 2.18. The first-order valence-corrected chi connectivity index (χ1v) is 11.1. The molecule has 1 aromatic rings. The zero-order valence-electron chi connectivity index (χ0n) is 17.5. The molecule has 0 unspecified atom stereocenters. The van der Waals surface area contributed by atoms with Crippen molar-refractivity contribution >= 4 is 22.1 Å². The maximum Gasteiger partial charge on any atom is 0.409 e. The third kappa shape index (κ3) is 6.07. The molecule has 0 aliphatic carbocycles. The lowest BCUT2D eigenvalue weighted by atomic mass is 10.1. The van der Waals surface area contributed by atoms with E-state index in [2.05, 4.69) is 15.6 Å². The summed E-state index contributed by atoms with van der Waals surface area (Å²) < 4.78 is 31.3. The summed E-state index contributed by atoms with van der Waals surface area (Å²) in [7, 11) is 1.18. The highest BCUT2D eigenvalue weighted by Gasteiger charge is 2.24. The number of hydrogen-bond donors (Lipinski definition) is 2. The molecule has 0 bridgehead atoms. The minimum Gasteiger partial charge on any atom is -0.450 e. The number of aliphatic imine (C=N–C) groups is 1. The number of likely N-dealkylation sites (tertiary alicyclic amines) is 1. The van der Waals surface area contributed by atoms with E-state index in [1.807, 2.05) is 6.07 Å². The van der Waals surface area contributed by atoms with E-state index >= 15 is 0 Å². The average Bonchev–Trinajstić information content (AvgIpc) is 2.71. The highest BCUT2D eigenvalue weighted by atomic mass is 32.2. The number of amides is 1. The van der Waals surface area contributed by atoms with Crippen molar-refractivity contribution in [2.45, 2.75) is 37.2 Å². The number of carbonyl (C=O) groups is 1. The third-order valence-electron chi connectivity index (χ3n) is 4.76. The molecule has 1 aliphatic rings. The molecule has 0 saturated carbocycles. The van der Waals surface area contributed by atoms with Crippen molar-refractivity contribution in [1.29, 1.82) is 0 Å². The summed E-state index contributed by atoms with van der Waals surface area (Å²) in [6.45, 7) is 3.74. The van der Waals surface area contributed by atoms with Crippen molar-refractivity contribution in [2.75, 3.05) is 40.8 Å². The molecule has 1 amide bonds. The Morgan fingerprint density at radius 1 is 1.28 bits per heavy atom. The van der Waals surface area contributed by atoms with Crippen LogP contribution in [0.4, 0.5) is 4.79 Å². The second-order valence-electron chi connectivity index (χ2n) is 6.93. The highest BCUT2D eigenvalue weighted by molar-refractivity contribution is 7.89. The van der Waals surface area contributed by atoms with Crippen molar-refractivity contribution < 1.29 is 17.9 Å². The quantitative estimate of drug-likeness (QED) is 0.525. The molecule has 0 radical (unpaired) electrons. The number of nitrogens with zero attached hydrogens (tertiary/aromatic N) is 3. The van der Waals surface area contributed by atoms with E-state index < -0.39 is 10.0 Å². The minimum absolute atomic E-state index is 0.174. The van der Waals surface area contributed by atoms with Gasteiger partial charge in [0.05, 0.1) is 11.5 Å². The van der Waals surface area contributed by atoms with Gasteiger partial charge in [0.25, 0.3) is 0 Å². The Kier molecular flexibility index (Phi) is 8.27. The number of sulfonamides is 1. The van der Waals surface area contributed by atoms with E-state index in [0.29, 0.717) is 37.8 Å². The number of benzene rings is 1. The zero-order valence-corrected chi connectivity index (χ0v) is 18.3. The normalized spacial score (nSPS) is 16.0. The van der Waals surface area contributed by atoms with E-state index in [1.165, 1.54) is 18.4 Å². The molecule has 162 valence electrons. The van der Waals surface area contributed by atoms with Crippen molar-refractivity contribution in [2.24, 2.45) is 4.99 Å². The number of ether oxygens (including phenoxy) is 1. The van der Waals surface area contributed by atoms with E-state index in [1.54, 1.807) is 37.1 Å². The summed E-state index contributed by atoms with van der Waals surface area (Å²) in [6, 6.07) is 7.09. The van der Waals surface area contributed by atoms with E-state index in [-0.39, 0.29) is 17.0 Å². The van der Waals surface area contributed by atoms with Crippen LogP contribution in [-0.2, 0) is 21.3 Å². The van der Waals surface area contributed by atoms with Crippen LogP contribution >= 0.6 is 0 Å². The molecule has 0 aromatic heterocycles. The molecule has 1 aromatic carbocycles. The third-order valence-corrected chi connectivity index (χ3v) is 6.68. The Balaban J connectivity index is 1.94. The summed E-state index contributed by atoms with van der Waals surface area (Å²) in [5, 5.41) is 6.54. The van der Waals surface area contributed by atoms with Gasteiger partial charge in [-0.2, -0.15) is 0 Å². The number of guanidine groups is 1. The summed E-state index contributed by atoms with van der Waals surface area (Å²) in [6.07, 6.45) is 1.29. The lowest BCUT2D eigenvalue weighted by molar-refractivity contribution is 0.0963. The van der Waals surface area contributed by atoms with Gasteiger partial charge in [0.2, 0.25) is 10.0 Å². The van der Waals surface area contributed by atoms with Gasteiger partial charge in [0.15, 0.2) is 5.96 Å². The lowest BCUT2D eigenvalue weighted by Crippen LogP contribution is -2.49. The van der Waals surface area contributed by atoms with E-state index in [9.17, 15) is 13.2 Å². The Bertz CT molecular complexity index is 818. The number of carbonyl (C=O) groups excluding carboxylic acids is 1. The monoisotopic (exact) mass is 425 g/mol. The molecule has 0 spiro atoms. The van der Waals surface area contributed by atoms with Crippen LogP contribution in [0.15, 0.2) is 34.2 Å². The number of rotatable bonds is 6. The van der Waals surface area contributed by atoms with Gasteiger partial charge in [-0.3, -0.25) is 4.99 Å². The molecule has 2 rings (SSSR count). The Labute approximate surface area is 173 Å². The van der Waals surface area contributed by atoms with Gasteiger partial charge in [-0.1, -0.05) is 18.2 Å². The Morgan fingerprint density at radius 2 is 1.93 bits per heavy atom. The second-order valence-corrected chi connectivity index (χ2v) is 9.05. The van der Waals surface area contributed by atoms with Gasteiger partial charge in [0, 0.05) is 46.8 Å². The summed E-state index contributed by atoms with van der Waals surface area (Å²) in [4.78, 5) is 18.0. The van der Waals surface area contributed by atoms with Crippen molar-refractivity contribution in [1.82, 2.24) is 19.8 Å². The molecule has 29 heavy (non-hydrogen) atoms. The van der Waals surface area contributed by atoms with Crippen molar-refractivity contribution in [3.05, 3.63) is 29.8 Å². The SMILES string of the molecule is CCOC(=O)N1CCC(NC(=NC)NCc2ccccc2S(=O)(=O)N(C)C)CC1. The van der Waals surface area contributed by atoms with Gasteiger partial charge < -0.3 is 20.3 Å². The first kappa shape index (κ1) is 23.0. The Morgan fingerprint density at radius 3 is 2.52 bits per heavy atom. The van der Waals surface area contributed by atoms with Gasteiger partial charge in [-0.05, 0) is 31.4 Å². The number of piperidine rings is 1. The summed E-state index contributed by atoms with van der Waals surface area (Å²) in [5.74, 6) is 0.594. The van der Waals surface area contributed by atoms with Gasteiger partial charge >= 0.3 is 6.09 Å². The van der Waals surface area contributed by atoms with Crippen LogP contribution in [0.3, 0.4) is 0 Å². The molecule has 10 heteroatoms. The number of nitrogens with one attached hydrogen (secondary N) is 2. The van der Waals surface area contributed by atoms with Crippen LogP contribution in [-0.4, -0.2) is 76.6 Å². The van der Waals surface area contributed by atoms with Gasteiger partial charge in [-0.25, -0.2) is 17.5 Å². The number of hydrogen-bond acceptors (Lipinski definition) is 5. The first-order valence-electron chi connectivity index (χ1n) is 9.69. The van der Waals surface area contributed by atoms with E-state index in [0.717, 1.165) is 12.8 Å². The molecule has 2 N–H and O–H groups in total. The second kappa shape index (κ2) is 10.4. The van der Waals surface area contributed by atoms with Crippen LogP contribution in [0.5, 0.6) is 0 Å². The van der Waals surface area contributed by atoms with Crippen LogP contribution in [0.1, 0.15) is 25.3 Å². The fraction of sp³-hybridized carbons (Fsp3) is 0.579. The minimum atomic E-state index is -3.52. The summed E-state index contributed by atoms with van der Waals surface area (Å²) >= 11 is 0. The van der Waals surface area contributed by atoms with Gasteiger partial charge in [-0.15, -0.1) is 0 Å². The molecule has 0 atom stereocenters. The zero-order chi connectivity index (χ0) is 21.4. The van der Waals surface area contributed by atoms with Crippen LogP contribution in [0.2, 0.25) is 0 Å². The lowest BCUT2D eigenvalue weighted by Gasteiger charge is -2.32. The topological polar surface area (TPSA) is 103 Å². The predicted molar refractivity (Wildman–Crippen MR) is 112 cm³/mol. The molecule has 1 heterocycles. The average molecular weight is 426 g/mol. The van der Waals surface area contributed by atoms with E-state index in [4.69, 9.17) is 4.74 Å². The smallest absolute Gasteiger partial charge is 0.409 e. The summed E-state index contributed by atoms with van der Waals surface area (Å²) in [5.41, 5.74) is 0.668. The molecule has 9 nitrogen and oxygen atoms in total. The molecule has 1 aliphatic heterocycles. The molecular formula is C19H31N5O4S. The first-order chi connectivity index (χ1) is 13.8. The van der Waals surface area contributed by atoms with Crippen molar-refractivity contribution in [3.8, 4) is 0 Å². The maximum atomic E-state index is 12.5. The van der Waals surface area contributed by atoms with Crippen LogP contribution < -0.4 is 10.6 Å².